The van der Waals surface area contributed by atoms with Gasteiger partial charge in [0.1, 0.15) is 11.5 Å². The molecule has 1 fully saturated rings. The molecule has 0 atom stereocenters. The van der Waals surface area contributed by atoms with Crippen LogP contribution in [0.15, 0.2) is 48.5 Å². The molecule has 0 heterocycles. The van der Waals surface area contributed by atoms with Gasteiger partial charge in [0, 0.05) is 0 Å². The minimum Gasteiger partial charge on any atom is -0.426 e. The zero-order valence-electron chi connectivity index (χ0n) is 22.3. The first-order valence-corrected chi connectivity index (χ1v) is 14.2. The monoisotopic (exact) mass is 492 g/mol. The summed E-state index contributed by atoms with van der Waals surface area (Å²) in [5, 5.41) is 0. The van der Waals surface area contributed by atoms with Gasteiger partial charge in [0.25, 0.3) is 0 Å². The molecule has 0 amide bonds. The van der Waals surface area contributed by atoms with Crippen molar-refractivity contribution in [2.24, 2.45) is 11.8 Å². The van der Waals surface area contributed by atoms with Gasteiger partial charge in [-0.05, 0) is 86.8 Å². The second-order valence-electron chi connectivity index (χ2n) is 10.3. The molecule has 0 bridgehead atoms. The van der Waals surface area contributed by atoms with E-state index < -0.39 is 0 Å². The van der Waals surface area contributed by atoms with Gasteiger partial charge < -0.3 is 9.47 Å². The van der Waals surface area contributed by atoms with E-state index in [1.54, 1.807) is 0 Å². The molecule has 0 unspecified atom stereocenters. The number of carbonyl (C=O) groups is 2. The maximum atomic E-state index is 12.7. The lowest BCUT2D eigenvalue weighted by atomic mass is 9.82. The van der Waals surface area contributed by atoms with E-state index >= 15 is 0 Å². The number of hydrogen-bond acceptors (Lipinski definition) is 4. The fraction of sp³-hybridized carbons (Fsp3) is 0.562. The van der Waals surface area contributed by atoms with Gasteiger partial charge in [-0.3, -0.25) is 9.59 Å². The van der Waals surface area contributed by atoms with Crippen molar-refractivity contribution in [3.05, 3.63) is 59.7 Å². The van der Waals surface area contributed by atoms with E-state index in [2.05, 4.69) is 38.1 Å². The smallest absolute Gasteiger partial charge is 0.314 e. The molecule has 1 aliphatic rings. The maximum absolute atomic E-state index is 12.7. The normalized spacial score (nSPS) is 17.5. The van der Waals surface area contributed by atoms with E-state index in [1.807, 2.05) is 24.3 Å². The van der Waals surface area contributed by atoms with Crippen molar-refractivity contribution in [1.29, 1.82) is 0 Å². The van der Waals surface area contributed by atoms with Crippen LogP contribution in [0.25, 0.3) is 0 Å². The first-order chi connectivity index (χ1) is 17.6. The average Bonchev–Trinajstić information content (AvgIpc) is 2.91. The van der Waals surface area contributed by atoms with E-state index in [0.29, 0.717) is 37.2 Å². The Balaban J connectivity index is 1.37. The van der Waals surface area contributed by atoms with Gasteiger partial charge in [0.2, 0.25) is 0 Å². The molecule has 4 heteroatoms. The highest BCUT2D eigenvalue weighted by molar-refractivity contribution is 5.77. The average molecular weight is 493 g/mol. The fourth-order valence-corrected chi connectivity index (χ4v) is 4.92. The Kier molecular flexibility index (Phi) is 12.0. The van der Waals surface area contributed by atoms with Crippen LogP contribution in [0, 0.1) is 11.8 Å². The Morgan fingerprint density at radius 2 is 0.944 bits per heavy atom. The predicted octanol–water partition coefficient (Wildman–Crippen LogP) is 8.25. The van der Waals surface area contributed by atoms with Crippen LogP contribution < -0.4 is 9.47 Å². The number of esters is 2. The number of ether oxygens (including phenoxy) is 2. The molecule has 36 heavy (non-hydrogen) atoms. The van der Waals surface area contributed by atoms with Gasteiger partial charge in [-0.15, -0.1) is 0 Å². The standard InChI is InChI=1S/C32H44O4/c1-3-5-7-9-11-25-13-21-29(22-14-25)35-31(33)27-17-19-28(20-18-27)32(34)36-30-23-15-26(16-24-30)12-10-8-6-4-2/h13-16,21-24,27-28H,3-12,17-20H2,1-2H3. The van der Waals surface area contributed by atoms with Gasteiger partial charge in [0.05, 0.1) is 11.8 Å². The summed E-state index contributed by atoms with van der Waals surface area (Å²) in [6.07, 6.45) is 14.7. The van der Waals surface area contributed by atoms with Crippen molar-refractivity contribution in [2.45, 2.75) is 104 Å². The van der Waals surface area contributed by atoms with Crippen LogP contribution in [-0.2, 0) is 22.4 Å². The van der Waals surface area contributed by atoms with Gasteiger partial charge in [-0.1, -0.05) is 76.6 Å². The molecule has 0 spiro atoms. The van der Waals surface area contributed by atoms with Gasteiger partial charge in [-0.2, -0.15) is 0 Å². The molecule has 1 saturated carbocycles. The molecule has 2 aromatic rings. The van der Waals surface area contributed by atoms with Crippen LogP contribution in [0.5, 0.6) is 11.5 Å². The second kappa shape index (κ2) is 15.5. The Morgan fingerprint density at radius 1 is 0.583 bits per heavy atom. The molecule has 0 saturated heterocycles. The Hall–Kier alpha value is -2.62. The number of benzene rings is 2. The van der Waals surface area contributed by atoms with Crippen molar-refractivity contribution in [3.8, 4) is 11.5 Å². The van der Waals surface area contributed by atoms with Crippen LogP contribution in [0.1, 0.15) is 102 Å². The minimum atomic E-state index is -0.188. The molecule has 4 nitrogen and oxygen atoms in total. The first-order valence-electron chi connectivity index (χ1n) is 14.2. The van der Waals surface area contributed by atoms with Crippen molar-refractivity contribution >= 4 is 11.9 Å². The third-order valence-corrected chi connectivity index (χ3v) is 7.32. The molecule has 1 aliphatic carbocycles. The summed E-state index contributed by atoms with van der Waals surface area (Å²) in [4.78, 5) is 25.3. The van der Waals surface area contributed by atoms with Crippen LogP contribution >= 0.6 is 0 Å². The summed E-state index contributed by atoms with van der Waals surface area (Å²) in [6.45, 7) is 4.44. The van der Waals surface area contributed by atoms with Crippen molar-refractivity contribution < 1.29 is 19.1 Å². The minimum absolute atomic E-state index is 0.158. The SMILES string of the molecule is CCCCCCc1ccc(OC(=O)C2CCC(C(=O)Oc3ccc(CCCCCC)cc3)CC2)cc1. The lowest BCUT2D eigenvalue weighted by Gasteiger charge is -2.25. The van der Waals surface area contributed by atoms with Gasteiger partial charge >= 0.3 is 11.9 Å². The topological polar surface area (TPSA) is 52.6 Å². The van der Waals surface area contributed by atoms with E-state index in [0.717, 1.165) is 12.8 Å². The van der Waals surface area contributed by atoms with Crippen LogP contribution in [0.4, 0.5) is 0 Å². The lowest BCUT2D eigenvalue weighted by molar-refractivity contribution is -0.145. The molecule has 196 valence electrons. The van der Waals surface area contributed by atoms with E-state index in [9.17, 15) is 9.59 Å². The van der Waals surface area contributed by atoms with Crippen molar-refractivity contribution in [2.75, 3.05) is 0 Å². The summed E-state index contributed by atoms with van der Waals surface area (Å²) in [5.74, 6) is 0.518. The highest BCUT2D eigenvalue weighted by Crippen LogP contribution is 2.31. The zero-order valence-corrected chi connectivity index (χ0v) is 22.3. The molecular weight excluding hydrogens is 448 g/mol. The quantitative estimate of drug-likeness (QED) is 0.151. The molecule has 2 aromatic carbocycles. The van der Waals surface area contributed by atoms with E-state index in [-0.39, 0.29) is 23.8 Å². The number of carbonyl (C=O) groups excluding carboxylic acids is 2. The summed E-state index contributed by atoms with van der Waals surface area (Å²) >= 11 is 0. The zero-order chi connectivity index (χ0) is 25.6. The van der Waals surface area contributed by atoms with Crippen molar-refractivity contribution in [3.63, 3.8) is 0 Å². The molecular formula is C32H44O4. The van der Waals surface area contributed by atoms with Gasteiger partial charge in [-0.25, -0.2) is 0 Å². The molecule has 0 radical (unpaired) electrons. The molecule has 3 rings (SSSR count). The van der Waals surface area contributed by atoms with Crippen LogP contribution in [0.3, 0.4) is 0 Å². The number of hydrogen-bond donors (Lipinski definition) is 0. The number of rotatable bonds is 14. The fourth-order valence-electron chi connectivity index (χ4n) is 4.92. The summed E-state index contributed by atoms with van der Waals surface area (Å²) in [7, 11) is 0. The summed E-state index contributed by atoms with van der Waals surface area (Å²) in [5.41, 5.74) is 2.57. The van der Waals surface area contributed by atoms with Gasteiger partial charge in [0.15, 0.2) is 0 Å². The maximum Gasteiger partial charge on any atom is 0.314 e. The Labute approximate surface area is 217 Å². The largest absolute Gasteiger partial charge is 0.426 e. The van der Waals surface area contributed by atoms with Crippen molar-refractivity contribution in [1.82, 2.24) is 0 Å². The Bertz CT molecular complexity index is 831. The number of aryl methyl sites for hydroxylation is 2. The third kappa shape index (κ3) is 9.44. The highest BCUT2D eigenvalue weighted by Gasteiger charge is 2.32. The summed E-state index contributed by atoms with van der Waals surface area (Å²) in [6, 6.07) is 15.8. The van der Waals surface area contributed by atoms with Crippen LogP contribution in [0.2, 0.25) is 0 Å². The molecule has 0 aliphatic heterocycles. The van der Waals surface area contributed by atoms with E-state index in [4.69, 9.17) is 9.47 Å². The lowest BCUT2D eigenvalue weighted by Crippen LogP contribution is -2.30. The van der Waals surface area contributed by atoms with E-state index in [1.165, 1.54) is 62.5 Å². The Morgan fingerprint density at radius 3 is 1.28 bits per heavy atom. The second-order valence-corrected chi connectivity index (χ2v) is 10.3. The first kappa shape index (κ1) is 28.0. The predicted molar refractivity (Wildman–Crippen MR) is 145 cm³/mol. The summed E-state index contributed by atoms with van der Waals surface area (Å²) < 4.78 is 11.3. The third-order valence-electron chi connectivity index (χ3n) is 7.32. The molecule has 0 N–H and O–H groups in total. The number of unbranched alkanes of at least 4 members (excludes halogenated alkanes) is 6. The highest BCUT2D eigenvalue weighted by atomic mass is 16.5. The molecule has 0 aromatic heterocycles. The van der Waals surface area contributed by atoms with Crippen LogP contribution in [-0.4, -0.2) is 11.9 Å².